The van der Waals surface area contributed by atoms with Crippen LogP contribution in [0.1, 0.15) is 30.5 Å². The van der Waals surface area contributed by atoms with E-state index in [1.807, 2.05) is 68.4 Å². The van der Waals surface area contributed by atoms with Gasteiger partial charge in [-0.15, -0.1) is 0 Å². The molecule has 0 fully saturated rings. The lowest BCUT2D eigenvalue weighted by atomic mass is 10.1. The molecular formula is C22H28N2O2. The molecule has 1 N–H and O–H groups in total. The van der Waals surface area contributed by atoms with E-state index in [2.05, 4.69) is 5.32 Å². The minimum absolute atomic E-state index is 0.0245. The molecule has 26 heavy (non-hydrogen) atoms. The monoisotopic (exact) mass is 352 g/mol. The third kappa shape index (κ3) is 5.73. The van der Waals surface area contributed by atoms with Crippen molar-refractivity contribution in [3.63, 3.8) is 0 Å². The molecule has 0 aliphatic carbocycles. The van der Waals surface area contributed by atoms with E-state index in [-0.39, 0.29) is 11.8 Å². The van der Waals surface area contributed by atoms with Gasteiger partial charge in [-0.2, -0.15) is 0 Å². The molecule has 4 nitrogen and oxygen atoms in total. The number of amides is 2. The number of nitrogens with one attached hydrogen (secondary N) is 1. The Morgan fingerprint density at radius 2 is 1.65 bits per heavy atom. The van der Waals surface area contributed by atoms with E-state index < -0.39 is 6.04 Å². The van der Waals surface area contributed by atoms with Gasteiger partial charge in [0.2, 0.25) is 11.8 Å². The number of rotatable bonds is 8. The van der Waals surface area contributed by atoms with Crippen molar-refractivity contribution in [2.45, 2.75) is 39.7 Å². The first kappa shape index (κ1) is 19.7. The van der Waals surface area contributed by atoms with E-state index in [0.29, 0.717) is 19.5 Å². The molecule has 138 valence electrons. The van der Waals surface area contributed by atoms with Crippen LogP contribution >= 0.6 is 0 Å². The lowest BCUT2D eigenvalue weighted by Crippen LogP contribution is -2.49. The molecule has 2 rings (SSSR count). The van der Waals surface area contributed by atoms with Crippen LogP contribution in [-0.4, -0.2) is 35.8 Å². The molecule has 0 aliphatic heterocycles. The Morgan fingerprint density at radius 1 is 1.00 bits per heavy atom. The van der Waals surface area contributed by atoms with Gasteiger partial charge in [0.15, 0.2) is 0 Å². The maximum absolute atomic E-state index is 12.9. The summed E-state index contributed by atoms with van der Waals surface area (Å²) >= 11 is 0. The summed E-state index contributed by atoms with van der Waals surface area (Å²) in [7, 11) is 0. The minimum Gasteiger partial charge on any atom is -0.355 e. The highest BCUT2D eigenvalue weighted by molar-refractivity contribution is 5.88. The summed E-state index contributed by atoms with van der Waals surface area (Å²) in [5.74, 6) is -0.138. The van der Waals surface area contributed by atoms with Crippen LogP contribution in [-0.2, 0) is 22.4 Å². The minimum atomic E-state index is -0.489. The molecule has 4 heteroatoms. The Labute approximate surface area is 156 Å². The van der Waals surface area contributed by atoms with E-state index in [9.17, 15) is 9.59 Å². The van der Waals surface area contributed by atoms with Crippen molar-refractivity contribution in [3.05, 3.63) is 71.3 Å². The average Bonchev–Trinajstić information content (AvgIpc) is 2.64. The highest BCUT2D eigenvalue weighted by atomic mass is 16.2. The van der Waals surface area contributed by atoms with Crippen molar-refractivity contribution in [1.29, 1.82) is 0 Å². The van der Waals surface area contributed by atoms with E-state index in [0.717, 1.165) is 23.1 Å². The van der Waals surface area contributed by atoms with Crippen molar-refractivity contribution in [3.8, 4) is 0 Å². The van der Waals surface area contributed by atoms with Gasteiger partial charge < -0.3 is 10.2 Å². The molecule has 1 atom stereocenters. The first-order chi connectivity index (χ1) is 12.5. The standard InChI is InChI=1S/C22H28N2O2/c1-4-23-22(26)18(3)24(15-14-19-8-6-5-7-9-19)21(25)16-20-12-10-17(2)11-13-20/h5-13,18H,4,14-16H2,1-3H3,(H,23,26)/t18-/m0/s1. The lowest BCUT2D eigenvalue weighted by Gasteiger charge is -2.28. The van der Waals surface area contributed by atoms with Gasteiger partial charge in [0.25, 0.3) is 0 Å². The zero-order valence-electron chi connectivity index (χ0n) is 15.9. The molecule has 0 aromatic heterocycles. The van der Waals surface area contributed by atoms with Gasteiger partial charge in [0.05, 0.1) is 6.42 Å². The quantitative estimate of drug-likeness (QED) is 0.793. The summed E-state index contributed by atoms with van der Waals surface area (Å²) in [6, 6.07) is 17.5. The summed E-state index contributed by atoms with van der Waals surface area (Å²) in [5.41, 5.74) is 3.29. The van der Waals surface area contributed by atoms with Crippen LogP contribution in [0.5, 0.6) is 0 Å². The average molecular weight is 352 g/mol. The van der Waals surface area contributed by atoms with E-state index >= 15 is 0 Å². The van der Waals surface area contributed by atoms with Crippen LogP contribution in [0.3, 0.4) is 0 Å². The van der Waals surface area contributed by atoms with E-state index in [1.165, 1.54) is 0 Å². The molecule has 0 saturated heterocycles. The van der Waals surface area contributed by atoms with Crippen molar-refractivity contribution in [2.75, 3.05) is 13.1 Å². The Hall–Kier alpha value is -2.62. The first-order valence-corrected chi connectivity index (χ1v) is 9.18. The number of carbonyl (C=O) groups excluding carboxylic acids is 2. The fourth-order valence-electron chi connectivity index (χ4n) is 2.87. The van der Waals surface area contributed by atoms with Crippen LogP contribution in [0.4, 0.5) is 0 Å². The van der Waals surface area contributed by atoms with Gasteiger partial charge in [-0.3, -0.25) is 9.59 Å². The van der Waals surface area contributed by atoms with Gasteiger partial charge in [-0.25, -0.2) is 0 Å². The molecule has 2 aromatic rings. The molecule has 0 aliphatic rings. The third-order valence-electron chi connectivity index (χ3n) is 4.48. The Kier molecular flexibility index (Phi) is 7.39. The smallest absolute Gasteiger partial charge is 0.242 e. The maximum Gasteiger partial charge on any atom is 0.242 e. The van der Waals surface area contributed by atoms with E-state index in [1.54, 1.807) is 11.8 Å². The topological polar surface area (TPSA) is 49.4 Å². The highest BCUT2D eigenvalue weighted by Gasteiger charge is 2.25. The largest absolute Gasteiger partial charge is 0.355 e. The summed E-state index contributed by atoms with van der Waals surface area (Å²) in [6.45, 7) is 6.78. The molecular weight excluding hydrogens is 324 g/mol. The predicted molar refractivity (Wildman–Crippen MR) is 105 cm³/mol. The van der Waals surface area contributed by atoms with Gasteiger partial charge in [-0.1, -0.05) is 60.2 Å². The molecule has 0 radical (unpaired) electrons. The normalized spacial score (nSPS) is 11.7. The number of nitrogens with zero attached hydrogens (tertiary/aromatic N) is 1. The van der Waals surface area contributed by atoms with Crippen LogP contribution in [0, 0.1) is 6.92 Å². The molecule has 0 bridgehead atoms. The Morgan fingerprint density at radius 3 is 2.27 bits per heavy atom. The van der Waals surface area contributed by atoms with Crippen LogP contribution < -0.4 is 5.32 Å². The number of benzene rings is 2. The zero-order valence-corrected chi connectivity index (χ0v) is 15.9. The zero-order chi connectivity index (χ0) is 18.9. The molecule has 0 unspecified atom stereocenters. The van der Waals surface area contributed by atoms with Crippen molar-refractivity contribution in [1.82, 2.24) is 10.2 Å². The number of hydrogen-bond donors (Lipinski definition) is 1. The summed E-state index contributed by atoms with van der Waals surface area (Å²) in [5, 5.41) is 2.82. The Balaban J connectivity index is 2.11. The molecule has 0 saturated carbocycles. The van der Waals surface area contributed by atoms with E-state index in [4.69, 9.17) is 0 Å². The summed E-state index contributed by atoms with van der Waals surface area (Å²) in [4.78, 5) is 26.9. The van der Waals surface area contributed by atoms with Crippen LogP contribution in [0.2, 0.25) is 0 Å². The summed E-state index contributed by atoms with van der Waals surface area (Å²) < 4.78 is 0. The fraction of sp³-hybridized carbons (Fsp3) is 0.364. The van der Waals surface area contributed by atoms with Crippen molar-refractivity contribution < 1.29 is 9.59 Å². The lowest BCUT2D eigenvalue weighted by molar-refractivity contribution is -0.139. The molecule has 0 heterocycles. The van der Waals surface area contributed by atoms with Gasteiger partial charge in [0, 0.05) is 13.1 Å². The number of aryl methyl sites for hydroxylation is 1. The van der Waals surface area contributed by atoms with Crippen molar-refractivity contribution in [2.24, 2.45) is 0 Å². The fourth-order valence-corrected chi connectivity index (χ4v) is 2.87. The second kappa shape index (κ2) is 9.76. The number of hydrogen-bond acceptors (Lipinski definition) is 2. The number of carbonyl (C=O) groups is 2. The third-order valence-corrected chi connectivity index (χ3v) is 4.48. The van der Waals surface area contributed by atoms with Crippen molar-refractivity contribution >= 4 is 11.8 Å². The van der Waals surface area contributed by atoms with Gasteiger partial charge >= 0.3 is 0 Å². The molecule has 2 amide bonds. The predicted octanol–water partition coefficient (Wildman–Crippen LogP) is 3.13. The maximum atomic E-state index is 12.9. The second-order valence-corrected chi connectivity index (χ2v) is 6.56. The highest BCUT2D eigenvalue weighted by Crippen LogP contribution is 2.10. The second-order valence-electron chi connectivity index (χ2n) is 6.56. The van der Waals surface area contributed by atoms with Crippen LogP contribution in [0.15, 0.2) is 54.6 Å². The van der Waals surface area contributed by atoms with Gasteiger partial charge in [-0.05, 0) is 38.3 Å². The Bertz CT molecular complexity index is 711. The SMILES string of the molecule is CCNC(=O)[C@H](C)N(CCc1ccccc1)C(=O)Cc1ccc(C)cc1. The molecule has 0 spiro atoms. The molecule has 2 aromatic carbocycles. The summed E-state index contributed by atoms with van der Waals surface area (Å²) in [6.07, 6.45) is 1.03. The van der Waals surface area contributed by atoms with Gasteiger partial charge in [0.1, 0.15) is 6.04 Å². The first-order valence-electron chi connectivity index (χ1n) is 9.18. The van der Waals surface area contributed by atoms with Crippen LogP contribution in [0.25, 0.3) is 0 Å². The number of likely N-dealkylation sites (N-methyl/N-ethyl adjacent to an activating group) is 1.